The first-order chi connectivity index (χ1) is 8.12. The minimum Gasteiger partial charge on any atom is -0.346 e. The summed E-state index contributed by atoms with van der Waals surface area (Å²) in [7, 11) is 0. The van der Waals surface area contributed by atoms with Gasteiger partial charge in [0.1, 0.15) is 12.2 Å². The number of hydrogen-bond acceptors (Lipinski definition) is 4. The van der Waals surface area contributed by atoms with Crippen LogP contribution in [0.3, 0.4) is 0 Å². The van der Waals surface area contributed by atoms with Crippen LogP contribution in [0.2, 0.25) is 0 Å². The van der Waals surface area contributed by atoms with Crippen LogP contribution in [-0.2, 0) is 4.79 Å². The lowest BCUT2D eigenvalue weighted by Crippen LogP contribution is -2.46. The Morgan fingerprint density at radius 2 is 2.24 bits per heavy atom. The van der Waals surface area contributed by atoms with Crippen LogP contribution in [0.25, 0.3) is 0 Å². The molecule has 1 aliphatic heterocycles. The molecule has 2 heterocycles. The molecule has 6 heteroatoms. The number of piperidine rings is 1. The summed E-state index contributed by atoms with van der Waals surface area (Å²) in [4.78, 5) is 16.3. The number of H-pyrrole nitrogens is 1. The number of amides is 1. The Morgan fingerprint density at radius 3 is 2.82 bits per heavy atom. The maximum Gasteiger partial charge on any atom is 0.226 e. The van der Waals surface area contributed by atoms with Gasteiger partial charge in [0.05, 0.1) is 6.04 Å². The number of carbonyl (C=O) groups is 1. The molecule has 0 radical (unpaired) electrons. The minimum absolute atomic E-state index is 0.0999. The lowest BCUT2D eigenvalue weighted by molar-refractivity contribution is -0.132. The van der Waals surface area contributed by atoms with E-state index in [0.29, 0.717) is 5.82 Å². The number of nitrogens with one attached hydrogen (secondary N) is 3. The molecule has 0 spiro atoms. The van der Waals surface area contributed by atoms with Crippen molar-refractivity contribution in [3.05, 3.63) is 12.2 Å². The average Bonchev–Trinajstić information content (AvgIpc) is 2.83. The first kappa shape index (κ1) is 12.0. The lowest BCUT2D eigenvalue weighted by atomic mass is 9.80. The summed E-state index contributed by atoms with van der Waals surface area (Å²) >= 11 is 0. The number of hydrogen-bond donors (Lipinski definition) is 3. The van der Waals surface area contributed by atoms with Crippen molar-refractivity contribution in [3.63, 3.8) is 0 Å². The molecule has 1 unspecified atom stereocenters. The summed E-state index contributed by atoms with van der Waals surface area (Å²) < 4.78 is 0. The Morgan fingerprint density at radius 1 is 1.53 bits per heavy atom. The summed E-state index contributed by atoms with van der Waals surface area (Å²) in [5, 5.41) is 12.8. The van der Waals surface area contributed by atoms with Crippen molar-refractivity contribution >= 4 is 5.91 Å². The van der Waals surface area contributed by atoms with E-state index in [1.54, 1.807) is 0 Å². The monoisotopic (exact) mass is 237 g/mol. The molecule has 0 bridgehead atoms. The molecule has 0 aromatic carbocycles. The molecular formula is C11H19N5O. The van der Waals surface area contributed by atoms with Gasteiger partial charge in [-0.05, 0) is 32.9 Å². The highest BCUT2D eigenvalue weighted by molar-refractivity contribution is 5.82. The zero-order valence-electron chi connectivity index (χ0n) is 10.3. The molecule has 17 heavy (non-hydrogen) atoms. The largest absolute Gasteiger partial charge is 0.346 e. The predicted molar refractivity (Wildman–Crippen MR) is 63.2 cm³/mol. The van der Waals surface area contributed by atoms with Gasteiger partial charge in [-0.1, -0.05) is 6.92 Å². The van der Waals surface area contributed by atoms with E-state index in [4.69, 9.17) is 0 Å². The first-order valence-electron chi connectivity index (χ1n) is 5.99. The van der Waals surface area contributed by atoms with Crippen LogP contribution in [0.4, 0.5) is 0 Å². The van der Waals surface area contributed by atoms with E-state index in [1.165, 1.54) is 6.33 Å². The molecule has 1 aromatic rings. The van der Waals surface area contributed by atoms with Crippen LogP contribution in [0.1, 0.15) is 38.6 Å². The predicted octanol–water partition coefficient (Wildman–Crippen LogP) is 0.372. The number of aromatic nitrogens is 3. The Hall–Kier alpha value is -1.43. The molecule has 1 aliphatic rings. The topological polar surface area (TPSA) is 82.7 Å². The number of nitrogens with zero attached hydrogens (tertiary/aromatic N) is 2. The fraction of sp³-hybridized carbons (Fsp3) is 0.727. The molecule has 94 valence electrons. The van der Waals surface area contributed by atoms with Crippen molar-refractivity contribution in [2.24, 2.45) is 5.41 Å². The van der Waals surface area contributed by atoms with E-state index in [0.717, 1.165) is 25.9 Å². The van der Waals surface area contributed by atoms with Gasteiger partial charge in [-0.3, -0.25) is 9.89 Å². The normalized spacial score (nSPS) is 20.8. The van der Waals surface area contributed by atoms with Gasteiger partial charge in [-0.2, -0.15) is 5.10 Å². The van der Waals surface area contributed by atoms with E-state index in [-0.39, 0.29) is 17.4 Å². The maximum absolute atomic E-state index is 12.2. The smallest absolute Gasteiger partial charge is 0.226 e. The van der Waals surface area contributed by atoms with Crippen molar-refractivity contribution in [1.82, 2.24) is 25.8 Å². The fourth-order valence-electron chi connectivity index (χ4n) is 2.07. The molecule has 1 atom stereocenters. The second-order valence-electron chi connectivity index (χ2n) is 4.88. The Labute approximate surface area is 101 Å². The van der Waals surface area contributed by atoms with Gasteiger partial charge in [-0.15, -0.1) is 0 Å². The van der Waals surface area contributed by atoms with Gasteiger partial charge < -0.3 is 10.6 Å². The molecular weight excluding hydrogens is 218 g/mol. The summed E-state index contributed by atoms with van der Waals surface area (Å²) in [6, 6.07) is -0.128. The zero-order valence-corrected chi connectivity index (χ0v) is 10.3. The molecule has 1 amide bonds. The zero-order chi connectivity index (χ0) is 12.3. The molecule has 0 aliphatic carbocycles. The number of rotatable bonds is 3. The fourth-order valence-corrected chi connectivity index (χ4v) is 2.07. The Kier molecular flexibility index (Phi) is 3.42. The van der Waals surface area contributed by atoms with E-state index in [1.807, 2.05) is 13.8 Å². The van der Waals surface area contributed by atoms with Crippen LogP contribution >= 0.6 is 0 Å². The van der Waals surface area contributed by atoms with Crippen molar-refractivity contribution in [1.29, 1.82) is 0 Å². The van der Waals surface area contributed by atoms with Gasteiger partial charge in [-0.25, -0.2) is 4.98 Å². The quantitative estimate of drug-likeness (QED) is 0.709. The summed E-state index contributed by atoms with van der Waals surface area (Å²) in [6.45, 7) is 5.74. The average molecular weight is 237 g/mol. The lowest BCUT2D eigenvalue weighted by Gasteiger charge is -2.33. The number of aromatic amines is 1. The standard InChI is InChI=1S/C11H19N5O/c1-8(9-13-7-14-16-9)15-10(17)11(2)3-5-12-6-4-11/h7-8,12H,3-6H2,1-2H3,(H,15,17)(H,13,14,16). The van der Waals surface area contributed by atoms with Crippen LogP contribution in [0.15, 0.2) is 6.33 Å². The van der Waals surface area contributed by atoms with Crippen molar-refractivity contribution in [3.8, 4) is 0 Å². The van der Waals surface area contributed by atoms with Gasteiger partial charge in [0, 0.05) is 5.41 Å². The third-order valence-corrected chi connectivity index (χ3v) is 3.45. The van der Waals surface area contributed by atoms with Gasteiger partial charge in [0.2, 0.25) is 5.91 Å². The summed E-state index contributed by atoms with van der Waals surface area (Å²) in [5.74, 6) is 0.791. The molecule has 1 saturated heterocycles. The molecule has 0 saturated carbocycles. The second kappa shape index (κ2) is 4.83. The molecule has 2 rings (SSSR count). The van der Waals surface area contributed by atoms with Crippen molar-refractivity contribution < 1.29 is 4.79 Å². The van der Waals surface area contributed by atoms with E-state index in [2.05, 4.69) is 25.8 Å². The SMILES string of the molecule is CC(NC(=O)C1(C)CCNCC1)c1ncn[nH]1. The van der Waals surface area contributed by atoms with E-state index < -0.39 is 0 Å². The highest BCUT2D eigenvalue weighted by Gasteiger charge is 2.35. The van der Waals surface area contributed by atoms with Crippen LogP contribution < -0.4 is 10.6 Å². The van der Waals surface area contributed by atoms with Gasteiger partial charge in [0.25, 0.3) is 0 Å². The van der Waals surface area contributed by atoms with E-state index in [9.17, 15) is 4.79 Å². The second-order valence-corrected chi connectivity index (χ2v) is 4.88. The molecule has 6 nitrogen and oxygen atoms in total. The van der Waals surface area contributed by atoms with Crippen molar-refractivity contribution in [2.45, 2.75) is 32.7 Å². The number of carbonyl (C=O) groups excluding carboxylic acids is 1. The van der Waals surface area contributed by atoms with E-state index >= 15 is 0 Å². The van der Waals surface area contributed by atoms with Crippen molar-refractivity contribution in [2.75, 3.05) is 13.1 Å². The molecule has 3 N–H and O–H groups in total. The highest BCUT2D eigenvalue weighted by atomic mass is 16.2. The summed E-state index contributed by atoms with van der Waals surface area (Å²) in [6.07, 6.45) is 3.20. The van der Waals surface area contributed by atoms with Crippen LogP contribution in [0, 0.1) is 5.41 Å². The van der Waals surface area contributed by atoms with Gasteiger partial charge in [0.15, 0.2) is 0 Å². The Bertz CT molecular complexity index is 369. The highest BCUT2D eigenvalue weighted by Crippen LogP contribution is 2.28. The van der Waals surface area contributed by atoms with Gasteiger partial charge >= 0.3 is 0 Å². The minimum atomic E-state index is -0.264. The molecule has 1 aromatic heterocycles. The van der Waals surface area contributed by atoms with Crippen LogP contribution in [-0.4, -0.2) is 34.2 Å². The Balaban J connectivity index is 1.96. The maximum atomic E-state index is 12.2. The van der Waals surface area contributed by atoms with Crippen LogP contribution in [0.5, 0.6) is 0 Å². The molecule has 1 fully saturated rings. The third kappa shape index (κ3) is 2.63. The first-order valence-corrected chi connectivity index (χ1v) is 5.99. The summed E-state index contributed by atoms with van der Waals surface area (Å²) in [5.41, 5.74) is -0.264. The third-order valence-electron chi connectivity index (χ3n) is 3.45.